The highest BCUT2D eigenvalue weighted by atomic mass is 16.2. The molecule has 2 aromatic rings. The smallest absolute Gasteiger partial charge is 0.261 e. The largest absolute Gasteiger partial charge is 0.355 e. The molecular weight excluding hydrogens is 338 g/mol. The van der Waals surface area contributed by atoms with Crippen LogP contribution in [0.5, 0.6) is 0 Å². The van der Waals surface area contributed by atoms with Crippen molar-refractivity contribution in [2.24, 2.45) is 23.2 Å². The van der Waals surface area contributed by atoms with Gasteiger partial charge in [0.05, 0.1) is 17.2 Å². The standard InChI is InChI=1S/C22H27N3O2/c26-20(13-25-14-24-19-4-2-1-3-18(19)21(25)27)23-6-5-22-10-15-7-16(11-22)9-17(8-15)12-22/h1-4,14-17H,5-13H2,(H,23,26). The van der Waals surface area contributed by atoms with Crippen molar-refractivity contribution in [1.29, 1.82) is 0 Å². The van der Waals surface area contributed by atoms with Gasteiger partial charge in [-0.05, 0) is 80.2 Å². The molecule has 4 bridgehead atoms. The summed E-state index contributed by atoms with van der Waals surface area (Å²) in [6.07, 6.45) is 11.0. The van der Waals surface area contributed by atoms with Crippen molar-refractivity contribution in [2.45, 2.75) is 51.5 Å². The van der Waals surface area contributed by atoms with Crippen molar-refractivity contribution in [3.05, 3.63) is 40.9 Å². The molecule has 4 aliphatic rings. The van der Waals surface area contributed by atoms with Crippen LogP contribution in [0, 0.1) is 23.2 Å². The second kappa shape index (κ2) is 6.47. The zero-order chi connectivity index (χ0) is 18.4. The van der Waals surface area contributed by atoms with Gasteiger partial charge in [0.2, 0.25) is 5.91 Å². The molecule has 5 nitrogen and oxygen atoms in total. The predicted molar refractivity (Wildman–Crippen MR) is 104 cm³/mol. The lowest BCUT2D eigenvalue weighted by Gasteiger charge is -2.57. The monoisotopic (exact) mass is 365 g/mol. The lowest BCUT2D eigenvalue weighted by molar-refractivity contribution is -0.122. The fourth-order valence-electron chi connectivity index (χ4n) is 6.49. The first-order valence-corrected chi connectivity index (χ1v) is 10.3. The molecule has 4 saturated carbocycles. The fraction of sp³-hybridized carbons (Fsp3) is 0.591. The summed E-state index contributed by atoms with van der Waals surface area (Å²) in [5.41, 5.74) is 0.987. The predicted octanol–water partition coefficient (Wildman–Crippen LogP) is 3.12. The number of hydrogen-bond donors (Lipinski definition) is 1. The zero-order valence-electron chi connectivity index (χ0n) is 15.7. The van der Waals surface area contributed by atoms with Gasteiger partial charge < -0.3 is 5.32 Å². The molecule has 5 heteroatoms. The highest BCUT2D eigenvalue weighted by molar-refractivity contribution is 5.78. The van der Waals surface area contributed by atoms with E-state index in [1.54, 1.807) is 6.07 Å². The Morgan fingerprint density at radius 3 is 2.48 bits per heavy atom. The molecule has 0 radical (unpaired) electrons. The summed E-state index contributed by atoms with van der Waals surface area (Å²) in [5.74, 6) is 2.72. The van der Waals surface area contributed by atoms with Crippen LogP contribution in [0.3, 0.4) is 0 Å². The van der Waals surface area contributed by atoms with Crippen LogP contribution in [0.2, 0.25) is 0 Å². The van der Waals surface area contributed by atoms with E-state index in [4.69, 9.17) is 0 Å². The van der Waals surface area contributed by atoms with Crippen molar-refractivity contribution in [2.75, 3.05) is 6.54 Å². The molecule has 0 atom stereocenters. The maximum Gasteiger partial charge on any atom is 0.261 e. The number of aromatic nitrogens is 2. The number of benzene rings is 1. The van der Waals surface area contributed by atoms with Crippen LogP contribution in [0.4, 0.5) is 0 Å². The van der Waals surface area contributed by atoms with Crippen LogP contribution in [0.15, 0.2) is 35.4 Å². The quantitative estimate of drug-likeness (QED) is 0.885. The molecule has 0 saturated heterocycles. The second-order valence-electron chi connectivity index (χ2n) is 9.21. The topological polar surface area (TPSA) is 64.0 Å². The first-order valence-electron chi connectivity index (χ1n) is 10.3. The van der Waals surface area contributed by atoms with Crippen molar-refractivity contribution in [3.63, 3.8) is 0 Å². The Kier molecular flexibility index (Phi) is 4.06. The lowest BCUT2D eigenvalue weighted by atomic mass is 9.49. The molecule has 6 rings (SSSR count). The minimum absolute atomic E-state index is 0.0392. The SMILES string of the molecule is O=C(Cn1cnc2ccccc2c1=O)NCCC12CC3CC(CC(C3)C1)C2. The summed E-state index contributed by atoms with van der Waals surface area (Å²) in [4.78, 5) is 29.2. The average Bonchev–Trinajstić information content (AvgIpc) is 2.63. The van der Waals surface area contributed by atoms with E-state index >= 15 is 0 Å². The van der Waals surface area contributed by atoms with Crippen molar-refractivity contribution < 1.29 is 4.79 Å². The van der Waals surface area contributed by atoms with Crippen LogP contribution in [0.25, 0.3) is 10.9 Å². The Hall–Kier alpha value is -2.17. The summed E-state index contributed by atoms with van der Waals surface area (Å²) in [6, 6.07) is 7.25. The van der Waals surface area contributed by atoms with Gasteiger partial charge in [0.1, 0.15) is 6.54 Å². The van der Waals surface area contributed by atoms with Gasteiger partial charge in [0.15, 0.2) is 0 Å². The van der Waals surface area contributed by atoms with E-state index < -0.39 is 0 Å². The van der Waals surface area contributed by atoms with Gasteiger partial charge in [-0.2, -0.15) is 0 Å². The first kappa shape index (κ1) is 17.0. The number of amides is 1. The van der Waals surface area contributed by atoms with Gasteiger partial charge in [0.25, 0.3) is 5.56 Å². The molecule has 1 N–H and O–H groups in total. The highest BCUT2D eigenvalue weighted by Gasteiger charge is 2.50. The van der Waals surface area contributed by atoms with Crippen LogP contribution in [0.1, 0.15) is 44.9 Å². The molecule has 0 spiro atoms. The normalized spacial score (nSPS) is 31.3. The fourth-order valence-corrected chi connectivity index (χ4v) is 6.49. The van der Waals surface area contributed by atoms with Gasteiger partial charge >= 0.3 is 0 Å². The van der Waals surface area contributed by atoms with E-state index in [-0.39, 0.29) is 18.0 Å². The number of carbonyl (C=O) groups is 1. The molecule has 0 aliphatic heterocycles. The van der Waals surface area contributed by atoms with Gasteiger partial charge in [-0.15, -0.1) is 0 Å². The Bertz CT molecular complexity index is 897. The van der Waals surface area contributed by atoms with Gasteiger partial charge in [-0.3, -0.25) is 14.2 Å². The van der Waals surface area contributed by atoms with Gasteiger partial charge in [0, 0.05) is 6.54 Å². The Morgan fingerprint density at radius 2 is 1.78 bits per heavy atom. The summed E-state index contributed by atoms with van der Waals surface area (Å²) in [6.45, 7) is 0.762. The molecular formula is C22H27N3O2. The molecule has 1 aromatic carbocycles. The maximum absolute atomic E-state index is 12.5. The second-order valence-corrected chi connectivity index (χ2v) is 9.21. The molecule has 4 aliphatic carbocycles. The van der Waals surface area contributed by atoms with Crippen LogP contribution in [-0.4, -0.2) is 22.0 Å². The molecule has 0 unspecified atom stereocenters. The van der Waals surface area contributed by atoms with Gasteiger partial charge in [-0.25, -0.2) is 4.98 Å². The summed E-state index contributed by atoms with van der Waals surface area (Å²) >= 11 is 0. The summed E-state index contributed by atoms with van der Waals surface area (Å²) in [5, 5.41) is 3.61. The van der Waals surface area contributed by atoms with E-state index in [1.165, 1.54) is 49.4 Å². The van der Waals surface area contributed by atoms with Crippen molar-refractivity contribution >= 4 is 16.8 Å². The van der Waals surface area contributed by atoms with Gasteiger partial charge in [-0.1, -0.05) is 12.1 Å². The molecule has 1 amide bonds. The van der Waals surface area contributed by atoms with Crippen molar-refractivity contribution in [3.8, 4) is 0 Å². The third-order valence-corrected chi connectivity index (χ3v) is 7.19. The number of rotatable bonds is 5. The minimum atomic E-state index is -0.156. The van der Waals surface area contributed by atoms with Crippen molar-refractivity contribution in [1.82, 2.24) is 14.9 Å². The average molecular weight is 365 g/mol. The molecule has 27 heavy (non-hydrogen) atoms. The summed E-state index contributed by atoms with van der Waals surface area (Å²) in [7, 11) is 0. The van der Waals surface area contributed by atoms with Crippen LogP contribution in [-0.2, 0) is 11.3 Å². The number of fused-ring (bicyclic) bond motifs is 1. The third-order valence-electron chi connectivity index (χ3n) is 7.19. The van der Waals surface area contributed by atoms with E-state index in [0.717, 1.165) is 30.7 Å². The van der Waals surface area contributed by atoms with E-state index in [1.807, 2.05) is 18.2 Å². The Morgan fingerprint density at radius 1 is 1.11 bits per heavy atom. The number of nitrogens with one attached hydrogen (secondary N) is 1. The summed E-state index contributed by atoms with van der Waals surface area (Å²) < 4.78 is 1.41. The Balaban J connectivity index is 1.20. The lowest BCUT2D eigenvalue weighted by Crippen LogP contribution is -2.47. The molecule has 4 fully saturated rings. The zero-order valence-corrected chi connectivity index (χ0v) is 15.7. The molecule has 1 aromatic heterocycles. The van der Waals surface area contributed by atoms with Crippen LogP contribution >= 0.6 is 0 Å². The first-order chi connectivity index (χ1) is 13.1. The highest BCUT2D eigenvalue weighted by Crippen LogP contribution is 2.61. The number of carbonyl (C=O) groups excluding carboxylic acids is 1. The van der Waals surface area contributed by atoms with Crippen LogP contribution < -0.4 is 10.9 Å². The van der Waals surface area contributed by atoms with E-state index in [2.05, 4.69) is 10.3 Å². The maximum atomic E-state index is 12.5. The molecule has 142 valence electrons. The Labute approximate surface area is 159 Å². The number of nitrogens with zero attached hydrogens (tertiary/aromatic N) is 2. The minimum Gasteiger partial charge on any atom is -0.355 e. The van der Waals surface area contributed by atoms with E-state index in [9.17, 15) is 9.59 Å². The van der Waals surface area contributed by atoms with E-state index in [0.29, 0.717) is 16.3 Å². The third kappa shape index (κ3) is 3.17. The number of hydrogen-bond acceptors (Lipinski definition) is 3. The number of para-hydroxylation sites is 1. The molecule has 1 heterocycles.